The van der Waals surface area contributed by atoms with Gasteiger partial charge in [-0.05, 0) is 35.4 Å². The first-order valence-corrected chi connectivity index (χ1v) is 9.49. The van der Waals surface area contributed by atoms with E-state index in [4.69, 9.17) is 27.9 Å². The number of amides is 2. The van der Waals surface area contributed by atoms with Crippen molar-refractivity contribution in [3.63, 3.8) is 0 Å². The Labute approximate surface area is 168 Å². The molecule has 142 valence electrons. The third-order valence-electron chi connectivity index (χ3n) is 4.33. The van der Waals surface area contributed by atoms with Gasteiger partial charge in [-0.3, -0.25) is 9.59 Å². The molecule has 3 rings (SSSR count). The van der Waals surface area contributed by atoms with Crippen LogP contribution in [0.15, 0.2) is 42.5 Å². The number of carbonyl (C=O) groups excluding carboxylic acids is 2. The maximum absolute atomic E-state index is 12.2. The number of benzene rings is 2. The fraction of sp³-hybridized carbons (Fsp3) is 0.300. The van der Waals surface area contributed by atoms with E-state index >= 15 is 0 Å². The second-order valence-electron chi connectivity index (χ2n) is 6.25. The zero-order valence-corrected chi connectivity index (χ0v) is 16.2. The van der Waals surface area contributed by atoms with Crippen molar-refractivity contribution in [2.75, 3.05) is 31.6 Å². The molecule has 0 radical (unpaired) electrons. The summed E-state index contributed by atoms with van der Waals surface area (Å²) in [6.07, 6.45) is 0.339. The second kappa shape index (κ2) is 9.22. The lowest BCUT2D eigenvalue weighted by atomic mass is 10.1. The van der Waals surface area contributed by atoms with Gasteiger partial charge in [0.05, 0.1) is 23.3 Å². The van der Waals surface area contributed by atoms with Gasteiger partial charge in [-0.25, -0.2) is 0 Å². The van der Waals surface area contributed by atoms with Crippen molar-refractivity contribution >= 4 is 40.7 Å². The number of hydrogen-bond donors (Lipinski definition) is 1. The van der Waals surface area contributed by atoms with Gasteiger partial charge in [-0.1, -0.05) is 41.4 Å². The number of halogens is 2. The summed E-state index contributed by atoms with van der Waals surface area (Å²) in [7, 11) is 0. The maximum Gasteiger partial charge on any atom is 0.224 e. The lowest BCUT2D eigenvalue weighted by Gasteiger charge is -2.26. The summed E-state index contributed by atoms with van der Waals surface area (Å²) in [5, 5.41) is 3.82. The Morgan fingerprint density at radius 1 is 0.963 bits per heavy atom. The van der Waals surface area contributed by atoms with Crippen molar-refractivity contribution in [3.8, 4) is 11.1 Å². The van der Waals surface area contributed by atoms with Crippen molar-refractivity contribution in [2.45, 2.75) is 12.8 Å². The van der Waals surface area contributed by atoms with Crippen LogP contribution >= 0.6 is 23.2 Å². The molecule has 1 N–H and O–H groups in total. The highest BCUT2D eigenvalue weighted by Gasteiger charge is 2.17. The van der Waals surface area contributed by atoms with Crippen LogP contribution < -0.4 is 5.32 Å². The van der Waals surface area contributed by atoms with Gasteiger partial charge >= 0.3 is 0 Å². The molecule has 0 atom stereocenters. The van der Waals surface area contributed by atoms with Gasteiger partial charge in [-0.15, -0.1) is 0 Å². The van der Waals surface area contributed by atoms with Gasteiger partial charge in [0, 0.05) is 31.6 Å². The Kier molecular flexibility index (Phi) is 6.72. The molecule has 0 spiro atoms. The fourth-order valence-electron chi connectivity index (χ4n) is 2.87. The molecule has 0 unspecified atom stereocenters. The average Bonchev–Trinajstić information content (AvgIpc) is 2.69. The zero-order valence-electron chi connectivity index (χ0n) is 14.7. The number of carbonyl (C=O) groups is 2. The van der Waals surface area contributed by atoms with Crippen LogP contribution in [0.3, 0.4) is 0 Å². The first-order valence-electron chi connectivity index (χ1n) is 8.74. The Morgan fingerprint density at radius 2 is 1.70 bits per heavy atom. The van der Waals surface area contributed by atoms with E-state index in [1.807, 2.05) is 30.3 Å². The van der Waals surface area contributed by atoms with Crippen LogP contribution in [0.4, 0.5) is 5.69 Å². The van der Waals surface area contributed by atoms with Crippen molar-refractivity contribution in [1.29, 1.82) is 0 Å². The molecule has 1 heterocycles. The van der Waals surface area contributed by atoms with Crippen molar-refractivity contribution in [3.05, 3.63) is 52.5 Å². The zero-order chi connectivity index (χ0) is 19.2. The number of hydrogen-bond acceptors (Lipinski definition) is 3. The molecule has 1 saturated heterocycles. The Morgan fingerprint density at radius 3 is 2.44 bits per heavy atom. The molecule has 1 aliphatic rings. The van der Waals surface area contributed by atoms with Crippen LogP contribution in [-0.2, 0) is 14.3 Å². The standard InChI is InChI=1S/C20H20Cl2N2O3/c21-17-5-4-15(13-18(17)22)14-2-1-3-16(12-14)23-19(25)6-7-20(26)24-8-10-27-11-9-24/h1-5,12-13H,6-11H2,(H,23,25). The van der Waals surface area contributed by atoms with Gasteiger partial charge in [-0.2, -0.15) is 0 Å². The molecule has 0 bridgehead atoms. The summed E-state index contributed by atoms with van der Waals surface area (Å²) in [6, 6.07) is 12.8. The third kappa shape index (κ3) is 5.45. The van der Waals surface area contributed by atoms with Crippen LogP contribution in [0.5, 0.6) is 0 Å². The van der Waals surface area contributed by atoms with E-state index < -0.39 is 0 Å². The maximum atomic E-state index is 12.2. The van der Waals surface area contributed by atoms with Crippen LogP contribution in [-0.4, -0.2) is 43.0 Å². The smallest absolute Gasteiger partial charge is 0.224 e. The van der Waals surface area contributed by atoms with E-state index in [-0.39, 0.29) is 24.7 Å². The summed E-state index contributed by atoms with van der Waals surface area (Å²) in [6.45, 7) is 2.29. The van der Waals surface area contributed by atoms with E-state index in [0.717, 1.165) is 11.1 Å². The molecular weight excluding hydrogens is 387 g/mol. The van der Waals surface area contributed by atoms with Gasteiger partial charge in [0.2, 0.25) is 11.8 Å². The molecule has 1 aliphatic heterocycles. The highest BCUT2D eigenvalue weighted by Crippen LogP contribution is 2.29. The third-order valence-corrected chi connectivity index (χ3v) is 5.07. The quantitative estimate of drug-likeness (QED) is 0.807. The number of rotatable bonds is 5. The largest absolute Gasteiger partial charge is 0.378 e. The molecule has 5 nitrogen and oxygen atoms in total. The topological polar surface area (TPSA) is 58.6 Å². The fourth-order valence-corrected chi connectivity index (χ4v) is 3.17. The Hall–Kier alpha value is -2.08. The summed E-state index contributed by atoms with van der Waals surface area (Å²) >= 11 is 12.0. The molecule has 0 aromatic heterocycles. The summed E-state index contributed by atoms with van der Waals surface area (Å²) in [5.41, 5.74) is 2.49. The SMILES string of the molecule is O=C(CCC(=O)N1CCOCC1)Nc1cccc(-c2ccc(Cl)c(Cl)c2)c1. The van der Waals surface area contributed by atoms with Crippen LogP contribution in [0.25, 0.3) is 11.1 Å². The summed E-state index contributed by atoms with van der Waals surface area (Å²) in [5.74, 6) is -0.207. The minimum absolute atomic E-state index is 0.0157. The molecular formula is C20H20Cl2N2O3. The van der Waals surface area contributed by atoms with Crippen LogP contribution in [0, 0.1) is 0 Å². The van der Waals surface area contributed by atoms with Gasteiger partial charge in [0.25, 0.3) is 0 Å². The molecule has 0 saturated carbocycles. The monoisotopic (exact) mass is 406 g/mol. The normalized spacial score (nSPS) is 14.1. The van der Waals surface area contributed by atoms with Gasteiger partial charge in [0.15, 0.2) is 0 Å². The number of nitrogens with one attached hydrogen (secondary N) is 1. The van der Waals surface area contributed by atoms with Crippen molar-refractivity contribution in [2.24, 2.45) is 0 Å². The van der Waals surface area contributed by atoms with Gasteiger partial charge < -0.3 is 15.0 Å². The van der Waals surface area contributed by atoms with Crippen LogP contribution in [0.2, 0.25) is 10.0 Å². The van der Waals surface area contributed by atoms with Crippen LogP contribution in [0.1, 0.15) is 12.8 Å². The number of anilines is 1. The minimum Gasteiger partial charge on any atom is -0.378 e. The minimum atomic E-state index is -0.192. The molecule has 27 heavy (non-hydrogen) atoms. The molecule has 7 heteroatoms. The predicted octanol–water partition coefficient (Wildman–Crippen LogP) is 4.24. The number of morpholine rings is 1. The molecule has 2 aromatic rings. The Balaban J connectivity index is 1.57. The molecule has 0 aliphatic carbocycles. The first kappa shape index (κ1) is 19.7. The van der Waals surface area contributed by atoms with Crippen molar-refractivity contribution < 1.29 is 14.3 Å². The lowest BCUT2D eigenvalue weighted by Crippen LogP contribution is -2.40. The number of nitrogens with zero attached hydrogens (tertiary/aromatic N) is 1. The van der Waals surface area contributed by atoms with E-state index in [2.05, 4.69) is 5.32 Å². The lowest BCUT2D eigenvalue weighted by molar-refractivity contribution is -0.136. The van der Waals surface area contributed by atoms with E-state index in [1.54, 1.807) is 17.0 Å². The molecule has 1 fully saturated rings. The summed E-state index contributed by atoms with van der Waals surface area (Å²) < 4.78 is 5.23. The van der Waals surface area contributed by atoms with E-state index in [9.17, 15) is 9.59 Å². The molecule has 2 aromatic carbocycles. The average molecular weight is 407 g/mol. The van der Waals surface area contributed by atoms with E-state index in [0.29, 0.717) is 42.0 Å². The van der Waals surface area contributed by atoms with Gasteiger partial charge in [0.1, 0.15) is 0 Å². The Bertz CT molecular complexity index is 836. The highest BCUT2D eigenvalue weighted by molar-refractivity contribution is 6.42. The summed E-state index contributed by atoms with van der Waals surface area (Å²) in [4.78, 5) is 26.1. The number of ether oxygens (including phenoxy) is 1. The molecule has 2 amide bonds. The second-order valence-corrected chi connectivity index (χ2v) is 7.07. The highest BCUT2D eigenvalue weighted by atomic mass is 35.5. The first-order chi connectivity index (χ1) is 13.0. The van der Waals surface area contributed by atoms with E-state index in [1.165, 1.54) is 0 Å². The predicted molar refractivity (Wildman–Crippen MR) is 107 cm³/mol. The van der Waals surface area contributed by atoms with Crippen molar-refractivity contribution in [1.82, 2.24) is 4.90 Å².